The lowest BCUT2D eigenvalue weighted by atomic mass is 9.86. The minimum absolute atomic E-state index is 0.170. The topological polar surface area (TPSA) is 111 Å². The third kappa shape index (κ3) is 3.57. The highest BCUT2D eigenvalue weighted by atomic mass is 16.6. The van der Waals surface area contributed by atoms with Gasteiger partial charge in [-0.2, -0.15) is 5.10 Å². The average molecular weight is 306 g/mol. The van der Waals surface area contributed by atoms with Crippen LogP contribution in [0.1, 0.15) is 39.0 Å². The maximum absolute atomic E-state index is 11.1. The SMILES string of the molecule is CC[C@@H]1CCCC/C1=N\Nc1ccc([N+](=O)[O-])cc1[N+](=O)[O-]. The third-order valence-electron chi connectivity index (χ3n) is 3.91. The Kier molecular flexibility index (Phi) is 5.03. The van der Waals surface area contributed by atoms with Gasteiger partial charge in [0.2, 0.25) is 0 Å². The van der Waals surface area contributed by atoms with E-state index in [-0.39, 0.29) is 17.1 Å². The first kappa shape index (κ1) is 15.9. The monoisotopic (exact) mass is 306 g/mol. The van der Waals surface area contributed by atoms with E-state index in [1.807, 2.05) is 0 Å². The Hall–Kier alpha value is -2.51. The second kappa shape index (κ2) is 6.97. The van der Waals surface area contributed by atoms with Gasteiger partial charge in [-0.25, -0.2) is 0 Å². The number of hydrazone groups is 1. The van der Waals surface area contributed by atoms with Crippen molar-refractivity contribution in [1.29, 1.82) is 0 Å². The molecule has 1 N–H and O–H groups in total. The van der Waals surface area contributed by atoms with E-state index >= 15 is 0 Å². The highest BCUT2D eigenvalue weighted by Gasteiger charge is 2.21. The number of non-ortho nitro benzene ring substituents is 1. The standard InChI is InChI=1S/C14H18N4O4/c1-2-10-5-3-4-6-12(10)15-16-13-8-7-11(17(19)20)9-14(13)18(21)22/h7-10,16H,2-6H2,1H3/b15-12+/t10-/m1/s1. The van der Waals surface area contributed by atoms with Crippen molar-refractivity contribution in [2.24, 2.45) is 11.0 Å². The molecule has 1 atom stereocenters. The highest BCUT2D eigenvalue weighted by Crippen LogP contribution is 2.30. The van der Waals surface area contributed by atoms with Crippen molar-refractivity contribution < 1.29 is 9.85 Å². The molecule has 1 aromatic rings. The van der Waals surface area contributed by atoms with Crippen LogP contribution in [0.3, 0.4) is 0 Å². The van der Waals surface area contributed by atoms with Crippen LogP contribution in [-0.4, -0.2) is 15.6 Å². The largest absolute Gasteiger partial charge is 0.301 e. The summed E-state index contributed by atoms with van der Waals surface area (Å²) in [7, 11) is 0. The van der Waals surface area contributed by atoms with Crippen molar-refractivity contribution in [3.8, 4) is 0 Å². The first-order chi connectivity index (χ1) is 10.5. The lowest BCUT2D eigenvalue weighted by Crippen LogP contribution is -2.19. The number of nitrogens with zero attached hydrogens (tertiary/aromatic N) is 3. The molecule has 1 aliphatic rings. The normalized spacial score (nSPS) is 19.9. The van der Waals surface area contributed by atoms with Crippen molar-refractivity contribution >= 4 is 22.8 Å². The van der Waals surface area contributed by atoms with Crippen LogP contribution in [0.4, 0.5) is 17.1 Å². The van der Waals surface area contributed by atoms with Crippen LogP contribution in [0.25, 0.3) is 0 Å². The van der Waals surface area contributed by atoms with E-state index in [1.54, 1.807) is 0 Å². The summed E-state index contributed by atoms with van der Waals surface area (Å²) in [6.45, 7) is 2.10. The maximum Gasteiger partial charge on any atom is 0.301 e. The molecule has 0 saturated heterocycles. The zero-order valence-corrected chi connectivity index (χ0v) is 12.3. The Morgan fingerprint density at radius 1 is 1.27 bits per heavy atom. The Labute approximate surface area is 127 Å². The van der Waals surface area contributed by atoms with Gasteiger partial charge >= 0.3 is 5.69 Å². The molecule has 2 rings (SSSR count). The van der Waals surface area contributed by atoms with E-state index in [1.165, 1.54) is 18.6 Å². The molecule has 8 nitrogen and oxygen atoms in total. The Balaban J connectivity index is 2.25. The fourth-order valence-electron chi connectivity index (χ4n) is 2.67. The van der Waals surface area contributed by atoms with Crippen molar-refractivity contribution in [1.82, 2.24) is 0 Å². The fraction of sp³-hybridized carbons (Fsp3) is 0.500. The number of nitro benzene ring substituents is 2. The predicted molar refractivity (Wildman–Crippen MR) is 83.1 cm³/mol. The Morgan fingerprint density at radius 2 is 2.05 bits per heavy atom. The van der Waals surface area contributed by atoms with Crippen LogP contribution in [0.2, 0.25) is 0 Å². The predicted octanol–water partition coefficient (Wildman–Crippen LogP) is 3.87. The Bertz CT molecular complexity index is 615. The molecular weight excluding hydrogens is 288 g/mol. The van der Waals surface area contributed by atoms with E-state index in [0.717, 1.165) is 37.5 Å². The smallest absolute Gasteiger partial charge is 0.272 e. The van der Waals surface area contributed by atoms with Crippen molar-refractivity contribution in [3.05, 3.63) is 38.4 Å². The summed E-state index contributed by atoms with van der Waals surface area (Å²) in [5.74, 6) is 0.401. The van der Waals surface area contributed by atoms with Gasteiger partial charge < -0.3 is 0 Å². The molecule has 118 valence electrons. The average Bonchev–Trinajstić information content (AvgIpc) is 2.52. The fourth-order valence-corrected chi connectivity index (χ4v) is 2.67. The van der Waals surface area contributed by atoms with Crippen LogP contribution < -0.4 is 5.43 Å². The molecule has 0 radical (unpaired) electrons. The first-order valence-electron chi connectivity index (χ1n) is 7.28. The molecule has 1 saturated carbocycles. The van der Waals surface area contributed by atoms with Gasteiger partial charge in [0.1, 0.15) is 5.69 Å². The van der Waals surface area contributed by atoms with E-state index in [2.05, 4.69) is 17.5 Å². The molecule has 0 bridgehead atoms. The summed E-state index contributed by atoms with van der Waals surface area (Å²) in [6, 6.07) is 3.50. The molecular formula is C14H18N4O4. The highest BCUT2D eigenvalue weighted by molar-refractivity contribution is 5.88. The first-order valence-corrected chi connectivity index (χ1v) is 7.28. The van der Waals surface area contributed by atoms with E-state index < -0.39 is 9.85 Å². The summed E-state index contributed by atoms with van der Waals surface area (Å²) in [5, 5.41) is 26.1. The molecule has 0 heterocycles. The minimum atomic E-state index is -0.656. The summed E-state index contributed by atoms with van der Waals surface area (Å²) in [4.78, 5) is 20.5. The maximum atomic E-state index is 11.1. The van der Waals surface area contributed by atoms with Gasteiger partial charge in [-0.1, -0.05) is 13.3 Å². The molecule has 0 aromatic heterocycles. The molecule has 0 spiro atoms. The molecule has 1 aliphatic carbocycles. The third-order valence-corrected chi connectivity index (χ3v) is 3.91. The number of hydrogen-bond donors (Lipinski definition) is 1. The van der Waals surface area contributed by atoms with Gasteiger partial charge in [0, 0.05) is 11.8 Å². The van der Waals surface area contributed by atoms with Crippen LogP contribution in [0, 0.1) is 26.1 Å². The van der Waals surface area contributed by atoms with Crippen LogP contribution >= 0.6 is 0 Å². The second-order valence-corrected chi connectivity index (χ2v) is 5.28. The number of benzene rings is 1. The number of rotatable bonds is 5. The summed E-state index contributed by atoms with van der Waals surface area (Å²) in [5.41, 5.74) is 3.25. The molecule has 8 heteroatoms. The molecule has 0 amide bonds. The molecule has 1 fully saturated rings. The number of hydrogen-bond acceptors (Lipinski definition) is 6. The van der Waals surface area contributed by atoms with Gasteiger partial charge in [0.25, 0.3) is 5.69 Å². The molecule has 0 aliphatic heterocycles. The van der Waals surface area contributed by atoms with Crippen molar-refractivity contribution in [3.63, 3.8) is 0 Å². The van der Waals surface area contributed by atoms with Crippen molar-refractivity contribution in [2.45, 2.75) is 39.0 Å². The van der Waals surface area contributed by atoms with Crippen LogP contribution in [0.5, 0.6) is 0 Å². The van der Waals surface area contributed by atoms with Gasteiger partial charge in [-0.05, 0) is 37.7 Å². The number of anilines is 1. The van der Waals surface area contributed by atoms with E-state index in [0.29, 0.717) is 5.92 Å². The summed E-state index contributed by atoms with van der Waals surface area (Å²) < 4.78 is 0. The molecule has 1 aromatic carbocycles. The van der Waals surface area contributed by atoms with Crippen LogP contribution in [0.15, 0.2) is 23.3 Å². The quantitative estimate of drug-likeness (QED) is 0.655. The Morgan fingerprint density at radius 3 is 2.68 bits per heavy atom. The summed E-state index contributed by atoms with van der Waals surface area (Å²) >= 11 is 0. The van der Waals surface area contributed by atoms with E-state index in [4.69, 9.17) is 0 Å². The summed E-state index contributed by atoms with van der Waals surface area (Å²) in [6.07, 6.45) is 5.20. The molecule has 0 unspecified atom stereocenters. The lowest BCUT2D eigenvalue weighted by Gasteiger charge is -2.22. The van der Waals surface area contributed by atoms with Crippen molar-refractivity contribution in [2.75, 3.05) is 5.43 Å². The second-order valence-electron chi connectivity index (χ2n) is 5.28. The van der Waals surface area contributed by atoms with Gasteiger partial charge in [-0.3, -0.25) is 25.7 Å². The van der Waals surface area contributed by atoms with Gasteiger partial charge in [-0.15, -0.1) is 0 Å². The van der Waals surface area contributed by atoms with Crippen LogP contribution in [-0.2, 0) is 0 Å². The molecule has 22 heavy (non-hydrogen) atoms. The van der Waals surface area contributed by atoms with E-state index in [9.17, 15) is 20.2 Å². The number of nitrogens with one attached hydrogen (secondary N) is 1. The lowest BCUT2D eigenvalue weighted by molar-refractivity contribution is -0.393. The van der Waals surface area contributed by atoms with Gasteiger partial charge in [0.15, 0.2) is 0 Å². The zero-order chi connectivity index (χ0) is 16.1. The number of nitro groups is 2. The van der Waals surface area contributed by atoms with Gasteiger partial charge in [0.05, 0.1) is 15.9 Å². The minimum Gasteiger partial charge on any atom is -0.272 e. The zero-order valence-electron chi connectivity index (χ0n) is 12.3.